The van der Waals surface area contributed by atoms with Crippen LogP contribution in [0.5, 0.6) is 0 Å². The van der Waals surface area contributed by atoms with E-state index < -0.39 is 0 Å². The van der Waals surface area contributed by atoms with Crippen LogP contribution < -0.4 is 10.2 Å². The molecule has 1 aromatic heterocycles. The van der Waals surface area contributed by atoms with Gasteiger partial charge < -0.3 is 15.1 Å². The molecule has 0 unspecified atom stereocenters. The number of nitrogens with one attached hydrogen (secondary N) is 1. The zero-order valence-electron chi connectivity index (χ0n) is 15.0. The number of urea groups is 1. The molecule has 5 nitrogen and oxygen atoms in total. The van der Waals surface area contributed by atoms with Crippen LogP contribution in [0.4, 0.5) is 10.5 Å². The van der Waals surface area contributed by atoms with Crippen molar-refractivity contribution in [3.8, 4) is 0 Å². The van der Waals surface area contributed by atoms with Crippen LogP contribution in [-0.2, 0) is 0 Å². The Morgan fingerprint density at radius 1 is 1.12 bits per heavy atom. The van der Waals surface area contributed by atoms with Crippen molar-refractivity contribution in [1.82, 2.24) is 15.2 Å². The molecule has 1 aromatic carbocycles. The molecule has 1 N–H and O–H groups in total. The summed E-state index contributed by atoms with van der Waals surface area (Å²) in [5, 5.41) is 3.12. The molecule has 0 bridgehead atoms. The average molecular weight is 338 g/mol. The van der Waals surface area contributed by atoms with Crippen molar-refractivity contribution in [3.05, 3.63) is 59.9 Å². The van der Waals surface area contributed by atoms with Crippen molar-refractivity contribution < 1.29 is 4.79 Å². The Morgan fingerprint density at radius 3 is 2.68 bits per heavy atom. The molecule has 2 heterocycles. The number of anilines is 1. The molecule has 1 atom stereocenters. The molecule has 1 saturated heterocycles. The van der Waals surface area contributed by atoms with Gasteiger partial charge in [0, 0.05) is 44.3 Å². The van der Waals surface area contributed by atoms with Gasteiger partial charge in [-0.3, -0.25) is 4.98 Å². The van der Waals surface area contributed by atoms with E-state index in [9.17, 15) is 4.79 Å². The molecule has 1 aliphatic rings. The lowest BCUT2D eigenvalue weighted by Gasteiger charge is -2.26. The summed E-state index contributed by atoms with van der Waals surface area (Å²) in [6.45, 7) is 7.43. The maximum Gasteiger partial charge on any atom is 0.317 e. The number of nitrogens with zero attached hydrogens (tertiary/aromatic N) is 3. The lowest BCUT2D eigenvalue weighted by Crippen LogP contribution is -2.43. The van der Waals surface area contributed by atoms with Gasteiger partial charge in [0.05, 0.1) is 6.04 Å². The first kappa shape index (κ1) is 17.3. The lowest BCUT2D eigenvalue weighted by atomic mass is 10.1. The van der Waals surface area contributed by atoms with E-state index >= 15 is 0 Å². The van der Waals surface area contributed by atoms with Crippen molar-refractivity contribution in [2.75, 3.05) is 31.1 Å². The Morgan fingerprint density at radius 2 is 1.92 bits per heavy atom. The highest BCUT2D eigenvalue weighted by Crippen LogP contribution is 2.20. The van der Waals surface area contributed by atoms with E-state index in [4.69, 9.17) is 0 Å². The Labute approximate surface area is 149 Å². The normalized spacial score (nSPS) is 16.2. The van der Waals surface area contributed by atoms with Crippen molar-refractivity contribution in [1.29, 1.82) is 0 Å². The summed E-state index contributed by atoms with van der Waals surface area (Å²) >= 11 is 0. The third-order valence-corrected chi connectivity index (χ3v) is 4.75. The van der Waals surface area contributed by atoms with E-state index in [2.05, 4.69) is 28.2 Å². The number of carbonyl (C=O) groups excluding carboxylic acids is 1. The first-order valence-electron chi connectivity index (χ1n) is 8.91. The van der Waals surface area contributed by atoms with Gasteiger partial charge >= 0.3 is 6.03 Å². The fourth-order valence-electron chi connectivity index (χ4n) is 3.28. The van der Waals surface area contributed by atoms with Gasteiger partial charge in [-0.1, -0.05) is 30.3 Å². The topological polar surface area (TPSA) is 48.5 Å². The minimum Gasteiger partial charge on any atom is -0.369 e. The molecule has 0 radical (unpaired) electrons. The molecule has 2 amide bonds. The Hall–Kier alpha value is -2.56. The summed E-state index contributed by atoms with van der Waals surface area (Å²) in [6.07, 6.45) is 4.69. The minimum atomic E-state index is 0.00972. The molecule has 1 fully saturated rings. The van der Waals surface area contributed by atoms with E-state index in [0.717, 1.165) is 38.2 Å². The fraction of sp³-hybridized carbons (Fsp3) is 0.400. The van der Waals surface area contributed by atoms with E-state index in [-0.39, 0.29) is 12.1 Å². The SMILES string of the molecule is Cc1cnccc1N1CCCN(C(=O)N[C@H](C)c2ccccc2)CC1. The van der Waals surface area contributed by atoms with Crippen LogP contribution in [0.3, 0.4) is 0 Å². The van der Waals surface area contributed by atoms with Crippen LogP contribution >= 0.6 is 0 Å². The van der Waals surface area contributed by atoms with Gasteiger partial charge in [0.25, 0.3) is 0 Å². The second-order valence-electron chi connectivity index (χ2n) is 6.57. The smallest absolute Gasteiger partial charge is 0.317 e. The predicted octanol–water partition coefficient (Wildman–Crippen LogP) is 3.37. The molecule has 1 aliphatic heterocycles. The van der Waals surface area contributed by atoms with Crippen LogP contribution in [-0.4, -0.2) is 42.1 Å². The molecule has 5 heteroatoms. The Balaban J connectivity index is 1.59. The van der Waals surface area contributed by atoms with Gasteiger partial charge in [0.2, 0.25) is 0 Å². The summed E-state index contributed by atoms with van der Waals surface area (Å²) in [6, 6.07) is 12.2. The number of aromatic nitrogens is 1. The van der Waals surface area contributed by atoms with Crippen molar-refractivity contribution in [3.63, 3.8) is 0 Å². The molecule has 0 saturated carbocycles. The number of rotatable bonds is 3. The zero-order chi connectivity index (χ0) is 17.6. The monoisotopic (exact) mass is 338 g/mol. The van der Waals surface area contributed by atoms with Crippen molar-refractivity contribution >= 4 is 11.7 Å². The lowest BCUT2D eigenvalue weighted by molar-refractivity contribution is 0.198. The van der Waals surface area contributed by atoms with Crippen LogP contribution in [0.2, 0.25) is 0 Å². The number of benzene rings is 1. The average Bonchev–Trinajstić information content (AvgIpc) is 2.89. The zero-order valence-corrected chi connectivity index (χ0v) is 15.0. The summed E-state index contributed by atoms with van der Waals surface area (Å²) in [5.41, 5.74) is 3.52. The first-order chi connectivity index (χ1) is 12.1. The summed E-state index contributed by atoms with van der Waals surface area (Å²) < 4.78 is 0. The van der Waals surface area contributed by atoms with E-state index in [0.29, 0.717) is 0 Å². The highest BCUT2D eigenvalue weighted by atomic mass is 16.2. The summed E-state index contributed by atoms with van der Waals surface area (Å²) in [7, 11) is 0. The van der Waals surface area contributed by atoms with Gasteiger partial charge in [-0.2, -0.15) is 0 Å². The second kappa shape index (κ2) is 8.01. The van der Waals surface area contributed by atoms with Crippen molar-refractivity contribution in [2.45, 2.75) is 26.3 Å². The van der Waals surface area contributed by atoms with E-state index in [1.165, 1.54) is 11.3 Å². The molecule has 25 heavy (non-hydrogen) atoms. The summed E-state index contributed by atoms with van der Waals surface area (Å²) in [5.74, 6) is 0. The van der Waals surface area contributed by atoms with Crippen LogP contribution in [0, 0.1) is 6.92 Å². The third-order valence-electron chi connectivity index (χ3n) is 4.75. The third kappa shape index (κ3) is 4.29. The van der Waals surface area contributed by atoms with Gasteiger partial charge in [0.15, 0.2) is 0 Å². The first-order valence-corrected chi connectivity index (χ1v) is 8.91. The van der Waals surface area contributed by atoms with Crippen LogP contribution in [0.25, 0.3) is 0 Å². The standard InChI is InChI=1S/C20H26N4O/c1-16-15-21-10-9-19(16)23-11-6-12-24(14-13-23)20(25)22-17(2)18-7-4-3-5-8-18/h3-5,7-10,15,17H,6,11-14H2,1-2H3,(H,22,25)/t17-/m1/s1. The number of carbonyl (C=O) groups is 1. The van der Waals surface area contributed by atoms with E-state index in [1.54, 1.807) is 0 Å². The fourth-order valence-corrected chi connectivity index (χ4v) is 3.28. The molecule has 0 aliphatic carbocycles. The number of hydrogen-bond acceptors (Lipinski definition) is 3. The highest BCUT2D eigenvalue weighted by molar-refractivity contribution is 5.75. The molecule has 2 aromatic rings. The van der Waals surface area contributed by atoms with E-state index in [1.807, 2.05) is 54.5 Å². The number of pyridine rings is 1. The molecular formula is C20H26N4O. The maximum absolute atomic E-state index is 12.6. The predicted molar refractivity (Wildman–Crippen MR) is 101 cm³/mol. The van der Waals surface area contributed by atoms with Gasteiger partial charge in [0.1, 0.15) is 0 Å². The largest absolute Gasteiger partial charge is 0.369 e. The number of hydrogen-bond donors (Lipinski definition) is 1. The van der Waals surface area contributed by atoms with Crippen molar-refractivity contribution in [2.24, 2.45) is 0 Å². The minimum absolute atomic E-state index is 0.00972. The van der Waals surface area contributed by atoms with Crippen LogP contribution in [0.15, 0.2) is 48.8 Å². The quantitative estimate of drug-likeness (QED) is 0.933. The molecule has 3 rings (SSSR count). The van der Waals surface area contributed by atoms with Gasteiger partial charge in [-0.15, -0.1) is 0 Å². The summed E-state index contributed by atoms with van der Waals surface area (Å²) in [4.78, 5) is 21.1. The second-order valence-corrected chi connectivity index (χ2v) is 6.57. The molecule has 0 spiro atoms. The Bertz CT molecular complexity index is 704. The molecular weight excluding hydrogens is 312 g/mol. The maximum atomic E-state index is 12.6. The van der Waals surface area contributed by atoms with Gasteiger partial charge in [-0.05, 0) is 37.5 Å². The highest BCUT2D eigenvalue weighted by Gasteiger charge is 2.21. The van der Waals surface area contributed by atoms with Crippen LogP contribution in [0.1, 0.15) is 30.5 Å². The molecule has 132 valence electrons. The van der Waals surface area contributed by atoms with Gasteiger partial charge in [-0.25, -0.2) is 4.79 Å². The number of aryl methyl sites for hydroxylation is 1. The Kier molecular flexibility index (Phi) is 5.53. The number of amides is 2.